The first-order chi connectivity index (χ1) is 7.40. The minimum absolute atomic E-state index is 0.133. The van der Waals surface area contributed by atoms with Crippen LogP contribution in [0, 0.1) is 11.8 Å². The Morgan fingerprint density at radius 1 is 1.56 bits per heavy atom. The molecule has 1 amide bonds. The predicted octanol–water partition coefficient (Wildman–Crippen LogP) is 0.211. The number of hydrogen-bond acceptors (Lipinski definition) is 3. The van der Waals surface area contributed by atoms with Crippen LogP contribution in [0.3, 0.4) is 0 Å². The fourth-order valence-electron chi connectivity index (χ4n) is 1.56. The summed E-state index contributed by atoms with van der Waals surface area (Å²) in [5.74, 6) is -0.957. The highest BCUT2D eigenvalue weighted by molar-refractivity contribution is 5.87. The quantitative estimate of drug-likeness (QED) is 0.628. The molecule has 92 valence electrons. The molecule has 0 spiro atoms. The van der Waals surface area contributed by atoms with Gasteiger partial charge in [0, 0.05) is 5.92 Å². The summed E-state index contributed by atoms with van der Waals surface area (Å²) in [6.07, 6.45) is 0.379. The maximum atomic E-state index is 11.9. The molecule has 3 N–H and O–H groups in total. The van der Waals surface area contributed by atoms with Gasteiger partial charge in [-0.15, -0.1) is 0 Å². The van der Waals surface area contributed by atoms with Gasteiger partial charge >= 0.3 is 5.97 Å². The van der Waals surface area contributed by atoms with Crippen LogP contribution < -0.4 is 10.6 Å². The summed E-state index contributed by atoms with van der Waals surface area (Å²) in [6, 6.07) is 0. The molecule has 0 bridgehead atoms. The van der Waals surface area contributed by atoms with Gasteiger partial charge in [0.15, 0.2) is 0 Å². The Hall–Kier alpha value is -1.10. The molecule has 2 atom stereocenters. The zero-order chi connectivity index (χ0) is 12.3. The Morgan fingerprint density at radius 2 is 2.12 bits per heavy atom. The molecule has 0 aromatic rings. The number of carbonyl (C=O) groups is 2. The molecule has 1 heterocycles. The van der Waals surface area contributed by atoms with Gasteiger partial charge in [0.1, 0.15) is 5.54 Å². The van der Waals surface area contributed by atoms with Crippen LogP contribution in [0.2, 0.25) is 0 Å². The molecule has 0 radical (unpaired) electrons. The Balaban J connectivity index is 2.57. The summed E-state index contributed by atoms with van der Waals surface area (Å²) in [4.78, 5) is 22.9. The second-order valence-corrected chi connectivity index (χ2v) is 4.69. The summed E-state index contributed by atoms with van der Waals surface area (Å²) >= 11 is 0. The van der Waals surface area contributed by atoms with Crippen LogP contribution in [0.15, 0.2) is 0 Å². The topological polar surface area (TPSA) is 78.4 Å². The van der Waals surface area contributed by atoms with Gasteiger partial charge in [0.25, 0.3) is 0 Å². The zero-order valence-corrected chi connectivity index (χ0v) is 10.0. The van der Waals surface area contributed by atoms with Gasteiger partial charge in [-0.2, -0.15) is 0 Å². The third-order valence-electron chi connectivity index (χ3n) is 3.51. The fraction of sp³-hybridized carbons (Fsp3) is 0.818. The lowest BCUT2D eigenvalue weighted by molar-refractivity contribution is -0.148. The van der Waals surface area contributed by atoms with E-state index in [0.717, 1.165) is 13.1 Å². The summed E-state index contributed by atoms with van der Waals surface area (Å²) in [5.41, 5.74) is -1.15. The fourth-order valence-corrected chi connectivity index (χ4v) is 1.56. The van der Waals surface area contributed by atoms with Crippen LogP contribution >= 0.6 is 0 Å². The average molecular weight is 228 g/mol. The third-order valence-corrected chi connectivity index (χ3v) is 3.51. The van der Waals surface area contributed by atoms with Crippen molar-refractivity contribution < 1.29 is 14.7 Å². The van der Waals surface area contributed by atoms with Crippen molar-refractivity contribution >= 4 is 11.9 Å². The average Bonchev–Trinajstić information content (AvgIpc) is 2.14. The van der Waals surface area contributed by atoms with Crippen molar-refractivity contribution in [2.45, 2.75) is 32.7 Å². The molecular formula is C11H20N2O3. The van der Waals surface area contributed by atoms with Crippen molar-refractivity contribution in [1.82, 2.24) is 10.6 Å². The lowest BCUT2D eigenvalue weighted by Gasteiger charge is -2.34. The first kappa shape index (κ1) is 13.0. The van der Waals surface area contributed by atoms with Crippen molar-refractivity contribution in [3.63, 3.8) is 0 Å². The number of nitrogens with one attached hydrogen (secondary N) is 2. The number of carbonyl (C=O) groups excluding carboxylic acids is 1. The number of aliphatic carboxylic acids is 1. The Kier molecular flexibility index (Phi) is 3.91. The molecule has 16 heavy (non-hydrogen) atoms. The third kappa shape index (κ3) is 2.52. The van der Waals surface area contributed by atoms with Gasteiger partial charge in [0.2, 0.25) is 5.91 Å². The van der Waals surface area contributed by atoms with E-state index in [2.05, 4.69) is 10.6 Å². The molecule has 2 unspecified atom stereocenters. The number of rotatable bonds is 5. The number of hydrogen-bond donors (Lipinski definition) is 3. The summed E-state index contributed by atoms with van der Waals surface area (Å²) in [6.45, 7) is 6.82. The van der Waals surface area contributed by atoms with Gasteiger partial charge in [0.05, 0.1) is 0 Å². The zero-order valence-electron chi connectivity index (χ0n) is 10.0. The van der Waals surface area contributed by atoms with E-state index >= 15 is 0 Å². The number of amides is 1. The van der Waals surface area contributed by atoms with Crippen molar-refractivity contribution in [3.8, 4) is 0 Å². The van der Waals surface area contributed by atoms with Crippen LogP contribution in [-0.4, -0.2) is 35.6 Å². The van der Waals surface area contributed by atoms with Crippen LogP contribution in [-0.2, 0) is 9.59 Å². The lowest BCUT2D eigenvalue weighted by Crippen LogP contribution is -2.56. The van der Waals surface area contributed by atoms with Gasteiger partial charge < -0.3 is 15.7 Å². The molecule has 0 saturated carbocycles. The Bertz CT molecular complexity index is 289. The van der Waals surface area contributed by atoms with Crippen molar-refractivity contribution in [2.24, 2.45) is 11.8 Å². The highest BCUT2D eigenvalue weighted by Crippen LogP contribution is 2.18. The number of carboxylic acids is 1. The SMILES string of the molecule is CCC(C)(NC(=O)C(C)C1CNC1)C(=O)O. The first-order valence-electron chi connectivity index (χ1n) is 5.67. The van der Waals surface area contributed by atoms with E-state index in [1.54, 1.807) is 13.8 Å². The van der Waals surface area contributed by atoms with Gasteiger partial charge in [-0.05, 0) is 32.4 Å². The minimum Gasteiger partial charge on any atom is -0.480 e. The number of carboxylic acid groups (broad SMARTS) is 1. The first-order valence-corrected chi connectivity index (χ1v) is 5.67. The van der Waals surface area contributed by atoms with Crippen molar-refractivity contribution in [2.75, 3.05) is 13.1 Å². The van der Waals surface area contributed by atoms with E-state index < -0.39 is 11.5 Å². The van der Waals surface area contributed by atoms with Crippen molar-refractivity contribution in [3.05, 3.63) is 0 Å². The van der Waals surface area contributed by atoms with Crippen LogP contribution in [0.5, 0.6) is 0 Å². The maximum absolute atomic E-state index is 11.9. The lowest BCUT2D eigenvalue weighted by atomic mass is 9.87. The second-order valence-electron chi connectivity index (χ2n) is 4.69. The van der Waals surface area contributed by atoms with Crippen molar-refractivity contribution in [1.29, 1.82) is 0 Å². The smallest absolute Gasteiger partial charge is 0.329 e. The minimum atomic E-state index is -1.15. The summed E-state index contributed by atoms with van der Waals surface area (Å²) in [5, 5.41) is 14.8. The van der Waals surface area contributed by atoms with E-state index in [-0.39, 0.29) is 11.8 Å². The van der Waals surface area contributed by atoms with Gasteiger partial charge in [-0.25, -0.2) is 4.79 Å². The van der Waals surface area contributed by atoms with E-state index in [0.29, 0.717) is 12.3 Å². The molecular weight excluding hydrogens is 208 g/mol. The molecule has 1 aliphatic heterocycles. The largest absolute Gasteiger partial charge is 0.480 e. The summed E-state index contributed by atoms with van der Waals surface area (Å²) < 4.78 is 0. The highest BCUT2D eigenvalue weighted by Gasteiger charge is 2.36. The molecule has 1 aliphatic rings. The van der Waals surface area contributed by atoms with Crippen LogP contribution in [0.25, 0.3) is 0 Å². The van der Waals surface area contributed by atoms with E-state index in [4.69, 9.17) is 5.11 Å². The molecule has 0 aromatic heterocycles. The molecule has 5 heteroatoms. The molecule has 1 saturated heterocycles. The van der Waals surface area contributed by atoms with Crippen LogP contribution in [0.1, 0.15) is 27.2 Å². The predicted molar refractivity (Wildman–Crippen MR) is 60.0 cm³/mol. The van der Waals surface area contributed by atoms with E-state index in [9.17, 15) is 9.59 Å². The molecule has 1 rings (SSSR count). The summed E-state index contributed by atoms with van der Waals surface area (Å²) in [7, 11) is 0. The Labute approximate surface area is 95.6 Å². The van der Waals surface area contributed by atoms with E-state index in [1.807, 2.05) is 6.92 Å². The molecule has 0 aromatic carbocycles. The Morgan fingerprint density at radius 3 is 2.44 bits per heavy atom. The van der Waals surface area contributed by atoms with Gasteiger partial charge in [-0.3, -0.25) is 4.79 Å². The monoisotopic (exact) mass is 228 g/mol. The van der Waals surface area contributed by atoms with Crippen LogP contribution in [0.4, 0.5) is 0 Å². The molecule has 0 aliphatic carbocycles. The normalized spacial score (nSPS) is 21.7. The van der Waals surface area contributed by atoms with Gasteiger partial charge in [-0.1, -0.05) is 13.8 Å². The highest BCUT2D eigenvalue weighted by atomic mass is 16.4. The maximum Gasteiger partial charge on any atom is 0.329 e. The molecule has 5 nitrogen and oxygen atoms in total. The second kappa shape index (κ2) is 4.82. The standard InChI is InChI=1S/C11H20N2O3/c1-4-11(3,10(15)16)13-9(14)7(2)8-5-12-6-8/h7-8,12H,4-6H2,1-3H3,(H,13,14)(H,15,16). The van der Waals surface area contributed by atoms with E-state index in [1.165, 1.54) is 0 Å². The molecule has 1 fully saturated rings.